The Balaban J connectivity index is 1.89. The van der Waals surface area contributed by atoms with Gasteiger partial charge in [0.1, 0.15) is 0 Å². The van der Waals surface area contributed by atoms with Crippen LogP contribution in [0.3, 0.4) is 0 Å². The minimum absolute atomic E-state index is 0.813. The van der Waals surface area contributed by atoms with Gasteiger partial charge in [0.05, 0.1) is 0 Å². The van der Waals surface area contributed by atoms with Gasteiger partial charge in [0.25, 0.3) is 0 Å². The van der Waals surface area contributed by atoms with E-state index in [1.165, 1.54) is 55.1 Å². The molecule has 2 aromatic rings. The zero-order valence-electron chi connectivity index (χ0n) is 10.6. The second kappa shape index (κ2) is 4.56. The first-order valence-electron chi connectivity index (χ1n) is 6.99. The number of H-pyrrole nitrogens is 1. The van der Waals surface area contributed by atoms with Crippen LogP contribution in [-0.4, -0.2) is 4.98 Å². The average molecular weight is 227 g/mol. The second-order valence-electron chi connectivity index (χ2n) is 5.29. The van der Waals surface area contributed by atoms with Gasteiger partial charge in [-0.1, -0.05) is 44.4 Å². The van der Waals surface area contributed by atoms with Gasteiger partial charge in [-0.25, -0.2) is 0 Å². The Labute approximate surface area is 103 Å². The molecule has 0 spiro atoms. The fourth-order valence-electron chi connectivity index (χ4n) is 3.28. The predicted octanol–water partition coefficient (Wildman–Crippen LogP) is 4.78. The number of aryl methyl sites for hydroxylation is 1. The van der Waals surface area contributed by atoms with Gasteiger partial charge >= 0.3 is 0 Å². The number of aromatic amines is 1. The van der Waals surface area contributed by atoms with E-state index in [4.69, 9.17) is 0 Å². The van der Waals surface area contributed by atoms with Gasteiger partial charge in [-0.05, 0) is 36.8 Å². The second-order valence-corrected chi connectivity index (χ2v) is 5.29. The first-order chi connectivity index (χ1) is 8.40. The van der Waals surface area contributed by atoms with E-state index < -0.39 is 0 Å². The van der Waals surface area contributed by atoms with Crippen LogP contribution >= 0.6 is 0 Å². The van der Waals surface area contributed by atoms with Crippen LogP contribution in [0.15, 0.2) is 24.3 Å². The van der Waals surface area contributed by atoms with Crippen LogP contribution < -0.4 is 0 Å². The summed E-state index contributed by atoms with van der Waals surface area (Å²) in [5.74, 6) is 0.813. The standard InChI is InChI=1S/C16H21N/c1-2-3-4-7-12-10-11-15-16(12)13-8-5-6-9-14(13)17-15/h5-6,8-9,12,17H,2-4,7,10-11H2,1H3. The van der Waals surface area contributed by atoms with E-state index in [2.05, 4.69) is 36.2 Å². The molecule has 0 saturated heterocycles. The normalized spacial score (nSPS) is 18.8. The van der Waals surface area contributed by atoms with Crippen molar-refractivity contribution >= 4 is 10.9 Å². The third-order valence-corrected chi connectivity index (χ3v) is 4.14. The van der Waals surface area contributed by atoms with E-state index >= 15 is 0 Å². The SMILES string of the molecule is CCCCCC1CCc2[nH]c3ccccc3c21. The molecule has 1 heterocycles. The van der Waals surface area contributed by atoms with Crippen molar-refractivity contribution in [2.45, 2.75) is 51.4 Å². The summed E-state index contributed by atoms with van der Waals surface area (Å²) in [7, 11) is 0. The molecule has 1 unspecified atom stereocenters. The fourth-order valence-corrected chi connectivity index (χ4v) is 3.28. The number of para-hydroxylation sites is 1. The third kappa shape index (κ3) is 1.88. The van der Waals surface area contributed by atoms with Crippen molar-refractivity contribution in [3.63, 3.8) is 0 Å². The zero-order valence-corrected chi connectivity index (χ0v) is 10.6. The van der Waals surface area contributed by atoms with Crippen LogP contribution in [0.25, 0.3) is 10.9 Å². The molecule has 1 nitrogen and oxygen atoms in total. The molecule has 0 radical (unpaired) electrons. The topological polar surface area (TPSA) is 15.8 Å². The first-order valence-corrected chi connectivity index (χ1v) is 6.99. The van der Waals surface area contributed by atoms with Crippen molar-refractivity contribution in [3.05, 3.63) is 35.5 Å². The summed E-state index contributed by atoms with van der Waals surface area (Å²) < 4.78 is 0. The van der Waals surface area contributed by atoms with Crippen molar-refractivity contribution in [3.8, 4) is 0 Å². The van der Waals surface area contributed by atoms with Gasteiger partial charge in [0.15, 0.2) is 0 Å². The average Bonchev–Trinajstić information content (AvgIpc) is 2.89. The van der Waals surface area contributed by atoms with E-state index in [0.29, 0.717) is 0 Å². The van der Waals surface area contributed by atoms with Gasteiger partial charge < -0.3 is 4.98 Å². The highest BCUT2D eigenvalue weighted by molar-refractivity contribution is 5.85. The van der Waals surface area contributed by atoms with Gasteiger partial charge in [-0.2, -0.15) is 0 Å². The Morgan fingerprint density at radius 1 is 1.24 bits per heavy atom. The highest BCUT2D eigenvalue weighted by Gasteiger charge is 2.25. The quantitative estimate of drug-likeness (QED) is 0.724. The molecular formula is C16H21N. The maximum absolute atomic E-state index is 3.60. The van der Waals surface area contributed by atoms with E-state index in [-0.39, 0.29) is 0 Å². The molecule has 0 bridgehead atoms. The molecule has 0 saturated carbocycles. The van der Waals surface area contributed by atoms with E-state index in [0.717, 1.165) is 5.92 Å². The van der Waals surface area contributed by atoms with E-state index in [1.54, 1.807) is 5.56 Å². The van der Waals surface area contributed by atoms with E-state index in [9.17, 15) is 0 Å². The summed E-state index contributed by atoms with van der Waals surface area (Å²) in [6, 6.07) is 8.78. The number of aromatic nitrogens is 1. The van der Waals surface area contributed by atoms with Crippen molar-refractivity contribution in [2.75, 3.05) is 0 Å². The predicted molar refractivity (Wildman–Crippen MR) is 73.5 cm³/mol. The van der Waals surface area contributed by atoms with Gasteiger partial charge in [-0.15, -0.1) is 0 Å². The number of hydrogen-bond donors (Lipinski definition) is 1. The number of hydrogen-bond acceptors (Lipinski definition) is 0. The lowest BCUT2D eigenvalue weighted by Gasteiger charge is -2.10. The monoisotopic (exact) mass is 227 g/mol. The maximum atomic E-state index is 3.60. The lowest BCUT2D eigenvalue weighted by molar-refractivity contribution is 0.564. The molecule has 1 heteroatoms. The fraction of sp³-hybridized carbons (Fsp3) is 0.500. The summed E-state index contributed by atoms with van der Waals surface area (Å²) in [6.07, 6.45) is 8.08. The number of fused-ring (bicyclic) bond motifs is 3. The summed E-state index contributed by atoms with van der Waals surface area (Å²) in [6.45, 7) is 2.28. The third-order valence-electron chi connectivity index (χ3n) is 4.14. The van der Waals surface area contributed by atoms with Crippen LogP contribution in [-0.2, 0) is 6.42 Å². The van der Waals surface area contributed by atoms with Crippen molar-refractivity contribution in [2.24, 2.45) is 0 Å². The molecule has 1 aliphatic rings. The first kappa shape index (κ1) is 10.9. The van der Waals surface area contributed by atoms with Crippen molar-refractivity contribution in [1.29, 1.82) is 0 Å². The Morgan fingerprint density at radius 3 is 3.00 bits per heavy atom. The van der Waals surface area contributed by atoms with E-state index in [1.807, 2.05) is 0 Å². The van der Waals surface area contributed by atoms with Crippen LogP contribution in [0.4, 0.5) is 0 Å². The number of rotatable bonds is 4. The van der Waals surface area contributed by atoms with Gasteiger partial charge in [0, 0.05) is 16.6 Å². The number of benzene rings is 1. The van der Waals surface area contributed by atoms with Crippen LogP contribution in [0.2, 0.25) is 0 Å². The lowest BCUT2D eigenvalue weighted by atomic mass is 9.94. The molecular weight excluding hydrogens is 206 g/mol. The molecule has 3 rings (SSSR count). The number of nitrogens with one attached hydrogen (secondary N) is 1. The largest absolute Gasteiger partial charge is 0.358 e. The molecule has 90 valence electrons. The minimum Gasteiger partial charge on any atom is -0.358 e. The maximum Gasteiger partial charge on any atom is 0.0459 e. The lowest BCUT2D eigenvalue weighted by Crippen LogP contribution is -1.93. The Bertz CT molecular complexity index is 509. The molecule has 1 aliphatic carbocycles. The molecule has 1 aromatic heterocycles. The molecule has 1 N–H and O–H groups in total. The molecule has 17 heavy (non-hydrogen) atoms. The smallest absolute Gasteiger partial charge is 0.0459 e. The van der Waals surface area contributed by atoms with Crippen LogP contribution in [0, 0.1) is 0 Å². The Hall–Kier alpha value is -1.24. The van der Waals surface area contributed by atoms with Crippen molar-refractivity contribution < 1.29 is 0 Å². The summed E-state index contributed by atoms with van der Waals surface area (Å²) in [4.78, 5) is 3.60. The minimum atomic E-state index is 0.813. The van der Waals surface area contributed by atoms with Gasteiger partial charge in [0.2, 0.25) is 0 Å². The summed E-state index contributed by atoms with van der Waals surface area (Å²) in [5.41, 5.74) is 4.47. The van der Waals surface area contributed by atoms with Crippen molar-refractivity contribution in [1.82, 2.24) is 4.98 Å². The molecule has 1 aromatic carbocycles. The summed E-state index contributed by atoms with van der Waals surface area (Å²) >= 11 is 0. The van der Waals surface area contributed by atoms with Crippen LogP contribution in [0.1, 0.15) is 56.2 Å². The highest BCUT2D eigenvalue weighted by Crippen LogP contribution is 2.41. The zero-order chi connectivity index (χ0) is 11.7. The summed E-state index contributed by atoms with van der Waals surface area (Å²) in [5, 5.41) is 1.47. The molecule has 0 amide bonds. The van der Waals surface area contributed by atoms with Crippen LogP contribution in [0.5, 0.6) is 0 Å². The number of unbranched alkanes of at least 4 members (excludes halogenated alkanes) is 2. The molecule has 0 fully saturated rings. The Kier molecular flexibility index (Phi) is 2.92. The highest BCUT2D eigenvalue weighted by atomic mass is 14.7. The molecule has 0 aliphatic heterocycles. The molecule has 1 atom stereocenters. The Morgan fingerprint density at radius 2 is 2.12 bits per heavy atom. The van der Waals surface area contributed by atoms with Gasteiger partial charge in [-0.3, -0.25) is 0 Å².